The normalized spacial score (nSPS) is 15.6. The average Bonchev–Trinajstić information content (AvgIpc) is 3.60. The van der Waals surface area contributed by atoms with Crippen molar-refractivity contribution < 1.29 is 13.6 Å². The van der Waals surface area contributed by atoms with E-state index in [-0.39, 0.29) is 16.3 Å². The van der Waals surface area contributed by atoms with E-state index in [2.05, 4.69) is 26.1 Å². The van der Waals surface area contributed by atoms with Crippen molar-refractivity contribution in [2.75, 3.05) is 0 Å². The zero-order chi connectivity index (χ0) is 27.9. The summed E-state index contributed by atoms with van der Waals surface area (Å²) in [5, 5.41) is 3.83. The second-order valence-electron chi connectivity index (χ2n) is 11.3. The van der Waals surface area contributed by atoms with Crippen molar-refractivity contribution in [3.63, 3.8) is 0 Å². The van der Waals surface area contributed by atoms with E-state index in [1.807, 2.05) is 42.8 Å². The number of aliphatic imine (C=N–C) groups is 1. The van der Waals surface area contributed by atoms with Gasteiger partial charge >= 0.3 is 0 Å². The number of fused-ring (bicyclic) bond motifs is 1. The fourth-order valence-electron chi connectivity index (χ4n) is 5.37. The van der Waals surface area contributed by atoms with Gasteiger partial charge in [-0.3, -0.25) is 4.79 Å². The van der Waals surface area contributed by atoms with Crippen molar-refractivity contribution in [3.8, 4) is 5.69 Å². The number of halogens is 2. The number of carbonyl (C=O) groups is 1. The van der Waals surface area contributed by atoms with Crippen molar-refractivity contribution >= 4 is 40.1 Å². The molecule has 204 valence electrons. The minimum absolute atomic E-state index is 0.0816. The molecule has 0 spiro atoms. The lowest BCUT2D eigenvalue weighted by Gasteiger charge is -2.33. The number of aryl methyl sites for hydroxylation is 1. The zero-order valence-corrected chi connectivity index (χ0v) is 24.5. The summed E-state index contributed by atoms with van der Waals surface area (Å²) in [6.07, 6.45) is 6.30. The fourth-order valence-corrected chi connectivity index (χ4v) is 6.82. The number of hydrogen-bond donors (Lipinski definition) is 1. The minimum atomic E-state index is -0.446. The van der Waals surface area contributed by atoms with Crippen LogP contribution in [0.1, 0.15) is 70.7 Å². The summed E-state index contributed by atoms with van der Waals surface area (Å²) >= 11 is 7.67. The Morgan fingerprint density at radius 1 is 1.28 bits per heavy atom. The molecule has 5 rings (SSSR count). The van der Waals surface area contributed by atoms with E-state index in [0.29, 0.717) is 23.8 Å². The molecule has 1 aromatic carbocycles. The molecule has 1 aliphatic carbocycles. The highest BCUT2D eigenvalue weighted by Gasteiger charge is 2.33. The van der Waals surface area contributed by atoms with Crippen LogP contribution in [0.3, 0.4) is 0 Å². The molecule has 8 heteroatoms. The minimum Gasteiger partial charge on any atom is -0.467 e. The zero-order valence-electron chi connectivity index (χ0n) is 22.9. The second kappa shape index (κ2) is 10.8. The van der Waals surface area contributed by atoms with Gasteiger partial charge in [-0.15, -0.1) is 11.3 Å². The van der Waals surface area contributed by atoms with E-state index in [1.165, 1.54) is 10.9 Å². The smallest absolute Gasteiger partial charge is 0.255 e. The van der Waals surface area contributed by atoms with Gasteiger partial charge in [-0.05, 0) is 86.4 Å². The molecule has 0 aliphatic heterocycles. The standard InChI is InChI=1S/C31H33ClFN3O2S/c1-18-13-20(19(2)36(18)22-9-11-26(33)25(32)15-22)16-35-30-28(29(37)34-17-23-7-6-12-38-23)24-10-8-21(31(3,4)5)14-27(24)39-30/h6-7,9,11-13,15-16,21H,8,10,14,17H2,1-5H3,(H,34,37)/t21-/m1/s1. The summed E-state index contributed by atoms with van der Waals surface area (Å²) in [4.78, 5) is 19.6. The average molecular weight is 566 g/mol. The number of benzene rings is 1. The van der Waals surface area contributed by atoms with Crippen LogP contribution in [-0.2, 0) is 19.4 Å². The molecule has 4 aromatic rings. The van der Waals surface area contributed by atoms with E-state index in [4.69, 9.17) is 21.0 Å². The Balaban J connectivity index is 1.49. The van der Waals surface area contributed by atoms with E-state index in [1.54, 1.807) is 29.7 Å². The number of nitrogens with one attached hydrogen (secondary N) is 1. The SMILES string of the molecule is Cc1cc(C=Nc2sc3c(c2C(=O)NCc2ccco2)CC[C@@H](C(C)(C)C)C3)c(C)n1-c1ccc(F)c(Cl)c1. The molecule has 0 bridgehead atoms. The number of hydrogen-bond acceptors (Lipinski definition) is 4. The van der Waals surface area contributed by atoms with Crippen molar-refractivity contribution in [3.05, 3.63) is 92.2 Å². The van der Waals surface area contributed by atoms with Gasteiger partial charge in [0.05, 0.1) is 23.4 Å². The van der Waals surface area contributed by atoms with Crippen molar-refractivity contribution in [1.82, 2.24) is 9.88 Å². The highest BCUT2D eigenvalue weighted by atomic mass is 35.5. The summed E-state index contributed by atoms with van der Waals surface area (Å²) in [5.74, 6) is 0.689. The molecule has 5 nitrogen and oxygen atoms in total. The van der Waals surface area contributed by atoms with E-state index < -0.39 is 5.82 Å². The lowest BCUT2D eigenvalue weighted by molar-refractivity contribution is 0.0947. The monoisotopic (exact) mass is 565 g/mol. The van der Waals surface area contributed by atoms with Gasteiger partial charge < -0.3 is 14.3 Å². The highest BCUT2D eigenvalue weighted by Crippen LogP contribution is 2.45. The highest BCUT2D eigenvalue weighted by molar-refractivity contribution is 7.16. The van der Waals surface area contributed by atoms with Crippen LogP contribution in [0.5, 0.6) is 0 Å². The molecule has 1 aliphatic rings. The molecular weight excluding hydrogens is 533 g/mol. The number of amides is 1. The number of carbonyl (C=O) groups excluding carboxylic acids is 1. The number of rotatable bonds is 6. The molecule has 0 saturated heterocycles. The maximum atomic E-state index is 13.8. The summed E-state index contributed by atoms with van der Waals surface area (Å²) in [6, 6.07) is 10.4. The first kappa shape index (κ1) is 27.4. The third-order valence-electron chi connectivity index (χ3n) is 7.65. The summed E-state index contributed by atoms with van der Waals surface area (Å²) in [7, 11) is 0. The third kappa shape index (κ3) is 5.61. The Morgan fingerprint density at radius 2 is 2.08 bits per heavy atom. The molecule has 39 heavy (non-hydrogen) atoms. The van der Waals surface area contributed by atoms with Crippen LogP contribution < -0.4 is 5.32 Å². The quantitative estimate of drug-likeness (QED) is 0.239. The van der Waals surface area contributed by atoms with Gasteiger partial charge in [0.15, 0.2) is 0 Å². The Morgan fingerprint density at radius 3 is 2.77 bits per heavy atom. The van der Waals surface area contributed by atoms with Gasteiger partial charge in [-0.25, -0.2) is 9.38 Å². The lowest BCUT2D eigenvalue weighted by Crippen LogP contribution is -2.28. The number of nitrogens with zero attached hydrogens (tertiary/aromatic N) is 2. The van der Waals surface area contributed by atoms with Crippen molar-refractivity contribution in [1.29, 1.82) is 0 Å². The first-order valence-electron chi connectivity index (χ1n) is 13.2. The van der Waals surface area contributed by atoms with Crippen LogP contribution in [-0.4, -0.2) is 16.7 Å². The molecule has 0 unspecified atom stereocenters. The van der Waals surface area contributed by atoms with Crippen LogP contribution >= 0.6 is 22.9 Å². The Bertz CT molecular complexity index is 1540. The molecule has 1 N–H and O–H groups in total. The van der Waals surface area contributed by atoms with Gasteiger partial charge in [-0.2, -0.15) is 0 Å². The van der Waals surface area contributed by atoms with Crippen LogP contribution in [0.2, 0.25) is 5.02 Å². The number of furan rings is 1. The number of thiophene rings is 1. The van der Waals surface area contributed by atoms with Gasteiger partial charge in [0.25, 0.3) is 5.91 Å². The van der Waals surface area contributed by atoms with Gasteiger partial charge in [0.2, 0.25) is 0 Å². The van der Waals surface area contributed by atoms with Crippen molar-refractivity contribution in [2.45, 2.75) is 60.4 Å². The van der Waals surface area contributed by atoms with Gasteiger partial charge in [0, 0.05) is 33.7 Å². The summed E-state index contributed by atoms with van der Waals surface area (Å²) in [5.41, 5.74) is 5.64. The van der Waals surface area contributed by atoms with Crippen LogP contribution in [0, 0.1) is 31.0 Å². The maximum Gasteiger partial charge on any atom is 0.255 e. The van der Waals surface area contributed by atoms with Gasteiger partial charge in [0.1, 0.15) is 16.6 Å². The topological polar surface area (TPSA) is 59.5 Å². The maximum absolute atomic E-state index is 13.8. The van der Waals surface area contributed by atoms with Crippen LogP contribution in [0.25, 0.3) is 5.69 Å². The predicted octanol–water partition coefficient (Wildman–Crippen LogP) is 8.37. The molecular formula is C31H33ClFN3O2S. The molecule has 1 amide bonds. The Hall–Kier alpha value is -3.16. The molecule has 0 saturated carbocycles. The molecule has 1 atom stereocenters. The first-order chi connectivity index (χ1) is 18.5. The van der Waals surface area contributed by atoms with E-state index in [0.717, 1.165) is 52.5 Å². The Labute approximate surface area is 237 Å². The molecule has 0 fully saturated rings. The summed E-state index contributed by atoms with van der Waals surface area (Å²) in [6.45, 7) is 11.2. The van der Waals surface area contributed by atoms with Crippen LogP contribution in [0.15, 0.2) is 52.1 Å². The number of aromatic nitrogens is 1. The summed E-state index contributed by atoms with van der Waals surface area (Å²) < 4.78 is 21.2. The van der Waals surface area contributed by atoms with Crippen LogP contribution in [0.4, 0.5) is 9.39 Å². The lowest BCUT2D eigenvalue weighted by atomic mass is 9.72. The first-order valence-corrected chi connectivity index (χ1v) is 14.4. The second-order valence-corrected chi connectivity index (χ2v) is 12.8. The molecule has 0 radical (unpaired) electrons. The van der Waals surface area contributed by atoms with E-state index in [9.17, 15) is 9.18 Å². The Kier molecular flexibility index (Phi) is 7.57. The van der Waals surface area contributed by atoms with Crippen molar-refractivity contribution in [2.24, 2.45) is 16.3 Å². The molecule has 3 heterocycles. The largest absolute Gasteiger partial charge is 0.467 e. The fraction of sp³-hybridized carbons (Fsp3) is 0.355. The third-order valence-corrected chi connectivity index (χ3v) is 9.11. The van der Waals surface area contributed by atoms with Gasteiger partial charge in [-0.1, -0.05) is 32.4 Å². The predicted molar refractivity (Wildman–Crippen MR) is 157 cm³/mol. The molecule has 3 aromatic heterocycles. The van der Waals surface area contributed by atoms with E-state index >= 15 is 0 Å².